The number of alkyl halides is 2. The third-order valence-electron chi connectivity index (χ3n) is 3.04. The van der Waals surface area contributed by atoms with E-state index in [2.05, 4.69) is 15.4 Å². The number of benzene rings is 1. The topological polar surface area (TPSA) is 59.6 Å². The van der Waals surface area contributed by atoms with Crippen LogP contribution in [0.4, 0.5) is 14.5 Å². The summed E-state index contributed by atoms with van der Waals surface area (Å²) in [5.41, 5.74) is 0.172. The first kappa shape index (κ1) is 15.5. The van der Waals surface area contributed by atoms with Crippen LogP contribution in [0.1, 0.15) is 19.3 Å². The molecule has 5 nitrogen and oxygen atoms in total. The molecule has 0 heterocycles. The molecular weight excluding hydrogens is 282 g/mol. The lowest BCUT2D eigenvalue weighted by Gasteiger charge is -2.13. The minimum atomic E-state index is -2.95. The molecule has 0 atom stereocenters. The molecule has 2 N–H and O–H groups in total. The van der Waals surface area contributed by atoms with Crippen molar-refractivity contribution in [3.8, 4) is 11.5 Å². The normalized spacial score (nSPS) is 14.1. The summed E-state index contributed by atoms with van der Waals surface area (Å²) in [7, 11) is 1.45. The fraction of sp³-hybridized carbons (Fsp3) is 0.500. The Bertz CT molecular complexity index is 493. The summed E-state index contributed by atoms with van der Waals surface area (Å²) >= 11 is 0. The fourth-order valence-electron chi connectivity index (χ4n) is 1.82. The maximum absolute atomic E-state index is 12.3. The van der Waals surface area contributed by atoms with E-state index < -0.39 is 6.61 Å². The van der Waals surface area contributed by atoms with Gasteiger partial charge < -0.3 is 20.1 Å². The number of ether oxygens (including phenoxy) is 2. The zero-order valence-electron chi connectivity index (χ0n) is 11.7. The number of halogens is 2. The second kappa shape index (κ2) is 7.21. The van der Waals surface area contributed by atoms with Crippen molar-refractivity contribution in [3.63, 3.8) is 0 Å². The number of hydrogen-bond acceptors (Lipinski definition) is 4. The molecule has 1 amide bonds. The van der Waals surface area contributed by atoms with Gasteiger partial charge in [-0.3, -0.25) is 4.79 Å². The lowest BCUT2D eigenvalue weighted by Crippen LogP contribution is -2.23. The molecule has 7 heteroatoms. The summed E-state index contributed by atoms with van der Waals surface area (Å²) in [4.78, 5) is 11.8. The van der Waals surface area contributed by atoms with Gasteiger partial charge in [0.2, 0.25) is 5.91 Å². The minimum absolute atomic E-state index is 0.0886. The van der Waals surface area contributed by atoms with Gasteiger partial charge in [0.1, 0.15) is 11.5 Å². The van der Waals surface area contributed by atoms with E-state index in [0.29, 0.717) is 18.3 Å². The highest BCUT2D eigenvalue weighted by Crippen LogP contribution is 2.30. The summed E-state index contributed by atoms with van der Waals surface area (Å²) in [6, 6.07) is 4.79. The van der Waals surface area contributed by atoms with Crippen LogP contribution in [0.15, 0.2) is 18.2 Å². The van der Waals surface area contributed by atoms with Gasteiger partial charge in [0, 0.05) is 25.1 Å². The lowest BCUT2D eigenvalue weighted by atomic mass is 10.2. The first-order valence-corrected chi connectivity index (χ1v) is 6.74. The van der Waals surface area contributed by atoms with Gasteiger partial charge >= 0.3 is 6.61 Å². The van der Waals surface area contributed by atoms with Gasteiger partial charge in [0.05, 0.1) is 12.8 Å². The zero-order valence-corrected chi connectivity index (χ0v) is 11.7. The molecule has 116 valence electrons. The van der Waals surface area contributed by atoms with Crippen LogP contribution in [0.25, 0.3) is 0 Å². The Labute approximate surface area is 121 Å². The van der Waals surface area contributed by atoms with Crippen molar-refractivity contribution < 1.29 is 23.0 Å². The van der Waals surface area contributed by atoms with Crippen LogP contribution in [0.3, 0.4) is 0 Å². The van der Waals surface area contributed by atoms with Crippen LogP contribution in [-0.4, -0.2) is 32.2 Å². The number of amides is 1. The number of hydrogen-bond donors (Lipinski definition) is 2. The first-order valence-electron chi connectivity index (χ1n) is 6.74. The summed E-state index contributed by atoms with van der Waals surface area (Å²) in [5, 5.41) is 5.77. The summed E-state index contributed by atoms with van der Waals surface area (Å²) in [6.07, 6.45) is 2.55. The van der Waals surface area contributed by atoms with Gasteiger partial charge in [-0.25, -0.2) is 0 Å². The molecule has 1 aromatic carbocycles. The van der Waals surface area contributed by atoms with E-state index in [0.717, 1.165) is 12.8 Å². The van der Waals surface area contributed by atoms with Crippen molar-refractivity contribution in [3.05, 3.63) is 18.2 Å². The summed E-state index contributed by atoms with van der Waals surface area (Å²) in [6.45, 7) is -2.39. The highest BCUT2D eigenvalue weighted by molar-refractivity contribution is 5.92. The van der Waals surface area contributed by atoms with Crippen LogP contribution in [0.2, 0.25) is 0 Å². The number of rotatable bonds is 8. The Morgan fingerprint density at radius 2 is 2.19 bits per heavy atom. The molecule has 1 saturated carbocycles. The third-order valence-corrected chi connectivity index (χ3v) is 3.04. The van der Waals surface area contributed by atoms with Gasteiger partial charge in [-0.2, -0.15) is 8.78 Å². The highest BCUT2D eigenvalue weighted by Gasteiger charge is 2.20. The van der Waals surface area contributed by atoms with Crippen molar-refractivity contribution in [2.24, 2.45) is 0 Å². The van der Waals surface area contributed by atoms with Crippen molar-refractivity contribution in [2.45, 2.75) is 31.9 Å². The van der Waals surface area contributed by atoms with Crippen molar-refractivity contribution in [1.82, 2.24) is 5.32 Å². The SMILES string of the molecule is COc1ccc(OC(F)F)c(NC(=O)CCNC2CC2)c1. The summed E-state index contributed by atoms with van der Waals surface area (Å²) < 4.78 is 34.1. The third kappa shape index (κ3) is 5.18. The Morgan fingerprint density at radius 1 is 1.43 bits per heavy atom. The molecule has 1 aliphatic rings. The molecule has 1 aliphatic carbocycles. The Morgan fingerprint density at radius 3 is 2.81 bits per heavy atom. The Balaban J connectivity index is 1.95. The van der Waals surface area contributed by atoms with Crippen molar-refractivity contribution in [2.75, 3.05) is 19.0 Å². The average Bonchev–Trinajstić information content (AvgIpc) is 3.24. The van der Waals surface area contributed by atoms with Gasteiger partial charge in [0.25, 0.3) is 0 Å². The maximum Gasteiger partial charge on any atom is 0.387 e. The van der Waals surface area contributed by atoms with Crippen molar-refractivity contribution in [1.29, 1.82) is 0 Å². The smallest absolute Gasteiger partial charge is 0.387 e. The summed E-state index contributed by atoms with van der Waals surface area (Å²) in [5.74, 6) is 0.0906. The molecule has 1 aromatic rings. The zero-order chi connectivity index (χ0) is 15.2. The van der Waals surface area contributed by atoms with E-state index in [9.17, 15) is 13.6 Å². The largest absolute Gasteiger partial charge is 0.497 e. The fourth-order valence-corrected chi connectivity index (χ4v) is 1.82. The molecular formula is C14H18F2N2O3. The van der Waals surface area contributed by atoms with E-state index in [1.54, 1.807) is 0 Å². The molecule has 0 radical (unpaired) electrons. The molecule has 0 aliphatic heterocycles. The second-order valence-corrected chi connectivity index (χ2v) is 4.77. The second-order valence-electron chi connectivity index (χ2n) is 4.77. The van der Waals surface area contributed by atoms with E-state index in [1.807, 2.05) is 0 Å². The van der Waals surface area contributed by atoms with Gasteiger partial charge in [0.15, 0.2) is 0 Å². The van der Waals surface area contributed by atoms with Gasteiger partial charge in [-0.1, -0.05) is 0 Å². The molecule has 2 rings (SSSR count). The quantitative estimate of drug-likeness (QED) is 0.774. The number of methoxy groups -OCH3 is 1. The predicted molar refractivity (Wildman–Crippen MR) is 73.9 cm³/mol. The van der Waals surface area contributed by atoms with E-state index in [-0.39, 0.29) is 23.8 Å². The molecule has 21 heavy (non-hydrogen) atoms. The van der Waals surface area contributed by atoms with Crippen LogP contribution < -0.4 is 20.1 Å². The van der Waals surface area contributed by atoms with Crippen LogP contribution in [0, 0.1) is 0 Å². The number of anilines is 1. The van der Waals surface area contributed by atoms with Crippen molar-refractivity contribution >= 4 is 11.6 Å². The number of carbonyl (C=O) groups is 1. The van der Waals surface area contributed by atoms with Crippen LogP contribution >= 0.6 is 0 Å². The molecule has 0 saturated heterocycles. The van der Waals surface area contributed by atoms with Crippen LogP contribution in [0.5, 0.6) is 11.5 Å². The molecule has 1 fully saturated rings. The molecule has 0 aromatic heterocycles. The molecule has 0 bridgehead atoms. The Hall–Kier alpha value is -1.89. The number of carbonyl (C=O) groups excluding carboxylic acids is 1. The first-order chi connectivity index (χ1) is 10.1. The van der Waals surface area contributed by atoms with E-state index in [1.165, 1.54) is 25.3 Å². The molecule has 0 spiro atoms. The average molecular weight is 300 g/mol. The Kier molecular flexibility index (Phi) is 5.32. The standard InChI is InChI=1S/C14H18F2N2O3/c1-20-10-4-5-12(21-14(15)16)11(8-10)18-13(19)6-7-17-9-2-3-9/h4-5,8-9,14,17H,2-3,6-7H2,1H3,(H,18,19). The monoisotopic (exact) mass is 300 g/mol. The lowest BCUT2D eigenvalue weighted by molar-refractivity contribution is -0.116. The molecule has 0 unspecified atom stereocenters. The predicted octanol–water partition coefficient (Wildman–Crippen LogP) is 2.38. The highest BCUT2D eigenvalue weighted by atomic mass is 19.3. The van der Waals surface area contributed by atoms with E-state index >= 15 is 0 Å². The van der Waals surface area contributed by atoms with Gasteiger partial charge in [-0.05, 0) is 25.0 Å². The maximum atomic E-state index is 12.3. The minimum Gasteiger partial charge on any atom is -0.497 e. The van der Waals surface area contributed by atoms with E-state index in [4.69, 9.17) is 4.74 Å². The van der Waals surface area contributed by atoms with Crippen LogP contribution in [-0.2, 0) is 4.79 Å². The number of nitrogens with one attached hydrogen (secondary N) is 2. The van der Waals surface area contributed by atoms with Gasteiger partial charge in [-0.15, -0.1) is 0 Å².